The Bertz CT molecular complexity index is 688. The number of methoxy groups -OCH3 is 1. The highest BCUT2D eigenvalue weighted by Gasteiger charge is 2.14. The van der Waals surface area contributed by atoms with Gasteiger partial charge in [-0.05, 0) is 32.3 Å². The minimum absolute atomic E-state index is 0.155. The van der Waals surface area contributed by atoms with Crippen LogP contribution in [0.15, 0.2) is 11.4 Å². The van der Waals surface area contributed by atoms with Crippen LogP contribution in [-0.4, -0.2) is 29.2 Å². The van der Waals surface area contributed by atoms with E-state index in [2.05, 4.69) is 49.0 Å². The fraction of sp³-hybridized carbons (Fsp3) is 0.556. The molecule has 6 heteroatoms. The van der Waals surface area contributed by atoms with Crippen molar-refractivity contribution in [3.05, 3.63) is 22.8 Å². The number of nitrogens with zero attached hydrogens (tertiary/aromatic N) is 2. The summed E-state index contributed by atoms with van der Waals surface area (Å²) in [5, 5.41) is 6.44. The van der Waals surface area contributed by atoms with E-state index >= 15 is 0 Å². The van der Waals surface area contributed by atoms with E-state index < -0.39 is 0 Å². The molecule has 0 radical (unpaired) electrons. The Morgan fingerprint density at radius 3 is 2.83 bits per heavy atom. The second-order valence-electron chi connectivity index (χ2n) is 6.43. The molecular formula is C18H27N3O2S. The summed E-state index contributed by atoms with van der Waals surface area (Å²) < 4.78 is 6.95. The third-order valence-corrected chi connectivity index (χ3v) is 4.81. The Balaban J connectivity index is 2.09. The number of rotatable bonds is 8. The second kappa shape index (κ2) is 8.33. The van der Waals surface area contributed by atoms with Gasteiger partial charge in [-0.1, -0.05) is 13.8 Å². The molecule has 2 aromatic rings. The van der Waals surface area contributed by atoms with E-state index in [1.54, 1.807) is 11.3 Å². The Morgan fingerprint density at radius 1 is 1.42 bits per heavy atom. The van der Waals surface area contributed by atoms with Crippen molar-refractivity contribution < 1.29 is 9.53 Å². The van der Waals surface area contributed by atoms with Gasteiger partial charge >= 0.3 is 5.97 Å². The van der Waals surface area contributed by atoms with Gasteiger partial charge in [0.25, 0.3) is 0 Å². The van der Waals surface area contributed by atoms with Gasteiger partial charge in [0.05, 0.1) is 12.8 Å². The minimum Gasteiger partial charge on any atom is -0.469 e. The van der Waals surface area contributed by atoms with Gasteiger partial charge < -0.3 is 14.6 Å². The van der Waals surface area contributed by atoms with Gasteiger partial charge in [0.15, 0.2) is 5.13 Å². The topological polar surface area (TPSA) is 56.1 Å². The van der Waals surface area contributed by atoms with Crippen LogP contribution in [0.1, 0.15) is 38.1 Å². The highest BCUT2D eigenvalue weighted by Crippen LogP contribution is 2.30. The molecule has 0 aromatic carbocycles. The molecule has 0 bridgehead atoms. The lowest BCUT2D eigenvalue weighted by molar-refractivity contribution is -0.140. The first-order chi connectivity index (χ1) is 11.4. The Labute approximate surface area is 148 Å². The lowest BCUT2D eigenvalue weighted by Gasteiger charge is -2.09. The van der Waals surface area contributed by atoms with Crippen molar-refractivity contribution in [2.75, 3.05) is 19.0 Å². The highest BCUT2D eigenvalue weighted by atomic mass is 32.1. The maximum absolute atomic E-state index is 11.3. The number of thiazole rings is 1. The second-order valence-corrected chi connectivity index (χ2v) is 7.29. The molecule has 0 aliphatic rings. The summed E-state index contributed by atoms with van der Waals surface area (Å²) in [5.41, 5.74) is 4.56. The zero-order valence-corrected chi connectivity index (χ0v) is 16.0. The van der Waals surface area contributed by atoms with E-state index in [4.69, 9.17) is 9.72 Å². The molecule has 2 aromatic heterocycles. The molecule has 1 N–H and O–H groups in total. The normalized spacial score (nSPS) is 11.1. The van der Waals surface area contributed by atoms with E-state index in [0.717, 1.165) is 30.3 Å². The average molecular weight is 350 g/mol. The number of hydrogen-bond acceptors (Lipinski definition) is 5. The Kier molecular flexibility index (Phi) is 6.43. The van der Waals surface area contributed by atoms with E-state index in [1.807, 2.05) is 0 Å². The molecule has 0 saturated carbocycles. The average Bonchev–Trinajstić information content (AvgIpc) is 3.11. The van der Waals surface area contributed by atoms with Crippen LogP contribution in [0, 0.1) is 19.8 Å². The third-order valence-electron chi connectivity index (χ3n) is 4.01. The Hall–Kier alpha value is -1.82. The van der Waals surface area contributed by atoms with Crippen molar-refractivity contribution >= 4 is 22.4 Å². The molecule has 0 saturated heterocycles. The molecular weight excluding hydrogens is 322 g/mol. The molecule has 0 fully saturated rings. The first-order valence-corrected chi connectivity index (χ1v) is 9.23. The number of carbonyl (C=O) groups excluding carboxylic acids is 1. The summed E-state index contributed by atoms with van der Waals surface area (Å²) in [7, 11) is 1.43. The van der Waals surface area contributed by atoms with E-state index in [1.165, 1.54) is 24.1 Å². The lowest BCUT2D eigenvalue weighted by Crippen LogP contribution is -2.07. The number of ether oxygens (including phenoxy) is 1. The van der Waals surface area contributed by atoms with Gasteiger partial charge in [0.2, 0.25) is 0 Å². The van der Waals surface area contributed by atoms with Crippen LogP contribution in [0.2, 0.25) is 0 Å². The molecule has 0 aliphatic heterocycles. The summed E-state index contributed by atoms with van der Waals surface area (Å²) >= 11 is 1.64. The van der Waals surface area contributed by atoms with Crippen LogP contribution in [0.25, 0.3) is 11.3 Å². The van der Waals surface area contributed by atoms with Gasteiger partial charge in [0.1, 0.15) is 0 Å². The van der Waals surface area contributed by atoms with Crippen LogP contribution in [0.4, 0.5) is 5.13 Å². The molecule has 24 heavy (non-hydrogen) atoms. The predicted octanol–water partition coefficient (Wildman–Crippen LogP) is 4.25. The number of esters is 1. The van der Waals surface area contributed by atoms with E-state index in [0.29, 0.717) is 12.3 Å². The number of anilines is 1. The lowest BCUT2D eigenvalue weighted by atomic mass is 10.2. The van der Waals surface area contributed by atoms with Crippen molar-refractivity contribution in [1.29, 1.82) is 0 Å². The fourth-order valence-electron chi connectivity index (χ4n) is 2.66. The number of hydrogen-bond donors (Lipinski definition) is 1. The predicted molar refractivity (Wildman–Crippen MR) is 99.6 cm³/mol. The monoisotopic (exact) mass is 349 g/mol. The van der Waals surface area contributed by atoms with Crippen molar-refractivity contribution in [2.24, 2.45) is 5.92 Å². The fourth-order valence-corrected chi connectivity index (χ4v) is 3.38. The molecule has 2 rings (SSSR count). The summed E-state index contributed by atoms with van der Waals surface area (Å²) in [6, 6.07) is 2.18. The number of aromatic nitrogens is 2. The molecule has 0 unspecified atom stereocenters. The minimum atomic E-state index is -0.155. The molecule has 5 nitrogen and oxygen atoms in total. The third kappa shape index (κ3) is 4.60. The van der Waals surface area contributed by atoms with Crippen LogP contribution in [-0.2, 0) is 16.1 Å². The first-order valence-electron chi connectivity index (χ1n) is 8.35. The molecule has 0 aliphatic carbocycles. The van der Waals surface area contributed by atoms with Crippen molar-refractivity contribution in [3.63, 3.8) is 0 Å². The van der Waals surface area contributed by atoms with Crippen molar-refractivity contribution in [3.8, 4) is 11.3 Å². The van der Waals surface area contributed by atoms with Gasteiger partial charge in [-0.3, -0.25) is 4.79 Å². The summed E-state index contributed by atoms with van der Waals surface area (Å²) in [5.74, 6) is 0.440. The molecule has 132 valence electrons. The van der Waals surface area contributed by atoms with Crippen LogP contribution in [0.5, 0.6) is 0 Å². The maximum atomic E-state index is 11.3. The smallest absolute Gasteiger partial charge is 0.305 e. The quantitative estimate of drug-likeness (QED) is 0.724. The zero-order valence-electron chi connectivity index (χ0n) is 15.2. The first kappa shape index (κ1) is 18.5. The van der Waals surface area contributed by atoms with Gasteiger partial charge in [-0.15, -0.1) is 11.3 Å². The number of aryl methyl sites for hydroxylation is 1. The zero-order chi connectivity index (χ0) is 17.7. The number of nitrogens with one attached hydrogen (secondary N) is 1. The highest BCUT2D eigenvalue weighted by molar-refractivity contribution is 7.14. The molecule has 0 spiro atoms. The summed E-state index contributed by atoms with van der Waals surface area (Å²) in [6.45, 7) is 10.3. The van der Waals surface area contributed by atoms with Crippen molar-refractivity contribution in [1.82, 2.24) is 9.55 Å². The number of carbonyl (C=O) groups is 1. The van der Waals surface area contributed by atoms with Crippen LogP contribution >= 0.6 is 11.3 Å². The molecule has 2 heterocycles. The Morgan fingerprint density at radius 2 is 2.17 bits per heavy atom. The molecule has 0 atom stereocenters. The van der Waals surface area contributed by atoms with Gasteiger partial charge in [0, 0.05) is 41.8 Å². The largest absolute Gasteiger partial charge is 0.469 e. The maximum Gasteiger partial charge on any atom is 0.305 e. The van der Waals surface area contributed by atoms with Crippen LogP contribution < -0.4 is 5.32 Å². The van der Waals surface area contributed by atoms with E-state index in [-0.39, 0.29) is 5.97 Å². The van der Waals surface area contributed by atoms with E-state index in [9.17, 15) is 4.79 Å². The van der Waals surface area contributed by atoms with Crippen molar-refractivity contribution in [2.45, 2.75) is 47.1 Å². The SMILES string of the molecule is COC(=O)CCCn1c(C)cc(-c2csc(NCC(C)C)n2)c1C. The summed E-state index contributed by atoms with van der Waals surface area (Å²) in [4.78, 5) is 16.0. The van der Waals surface area contributed by atoms with Gasteiger partial charge in [-0.2, -0.15) is 0 Å². The van der Waals surface area contributed by atoms with Crippen LogP contribution in [0.3, 0.4) is 0 Å². The molecule has 0 amide bonds. The standard InChI is InChI=1S/C18H27N3O2S/c1-12(2)10-19-18-20-16(11-24-18)15-9-13(3)21(14(15)4)8-6-7-17(22)23-5/h9,11-12H,6-8,10H2,1-5H3,(H,19,20). The summed E-state index contributed by atoms with van der Waals surface area (Å²) in [6.07, 6.45) is 1.23. The van der Waals surface area contributed by atoms with Gasteiger partial charge in [-0.25, -0.2) is 4.98 Å².